The second kappa shape index (κ2) is 7.14. The topological polar surface area (TPSA) is 144 Å². The molecule has 1 aromatic heterocycles. The van der Waals surface area contributed by atoms with Crippen LogP contribution in [-0.2, 0) is 20.9 Å². The van der Waals surface area contributed by atoms with E-state index in [1.165, 1.54) is 4.57 Å². The number of carbonyl (C=O) groups excluding carboxylic acids is 3. The van der Waals surface area contributed by atoms with Gasteiger partial charge in [-0.05, 0) is 12.3 Å². The number of imidazole rings is 1. The van der Waals surface area contributed by atoms with E-state index in [4.69, 9.17) is 0 Å². The number of amides is 4. The molecule has 142 valence electrons. The number of nitrogens with one attached hydrogen (secondary N) is 2. The van der Waals surface area contributed by atoms with Crippen LogP contribution in [0.3, 0.4) is 0 Å². The van der Waals surface area contributed by atoms with Crippen molar-refractivity contribution in [2.24, 2.45) is 11.8 Å². The lowest BCUT2D eigenvalue weighted by Gasteiger charge is -2.28. The number of rotatable bonds is 6. The molecule has 2 rings (SSSR count). The van der Waals surface area contributed by atoms with Crippen molar-refractivity contribution >= 4 is 23.8 Å². The maximum absolute atomic E-state index is 12.7. The number of barbiturate groups is 1. The lowest BCUT2D eigenvalue weighted by atomic mass is 9.82. The number of nitrogens with zero attached hydrogens (tertiary/aromatic N) is 2. The first kappa shape index (κ1) is 19.4. The minimum absolute atomic E-state index is 0.00650. The number of carbonyl (C=O) groups is 4. The Morgan fingerprint density at radius 3 is 2.23 bits per heavy atom. The molecule has 4 amide bonds. The smallest absolute Gasteiger partial charge is 0.346 e. The van der Waals surface area contributed by atoms with Gasteiger partial charge in [-0.15, -0.1) is 0 Å². The molecule has 1 saturated heterocycles. The third kappa shape index (κ3) is 3.53. The predicted molar refractivity (Wildman–Crippen MR) is 87.9 cm³/mol. The van der Waals surface area contributed by atoms with Crippen LogP contribution in [0.5, 0.6) is 0 Å². The number of aromatic nitrogens is 2. The second-order valence-electron chi connectivity index (χ2n) is 6.82. The Bertz CT molecular complexity index is 762. The van der Waals surface area contributed by atoms with Crippen LogP contribution in [-0.4, -0.2) is 33.5 Å². The van der Waals surface area contributed by atoms with Gasteiger partial charge >= 0.3 is 12.0 Å². The molecule has 1 aromatic rings. The summed E-state index contributed by atoms with van der Waals surface area (Å²) in [5, 5.41) is 26.0. The van der Waals surface area contributed by atoms with Crippen LogP contribution in [0.15, 0.2) is 0 Å². The van der Waals surface area contributed by atoms with Crippen molar-refractivity contribution < 1.29 is 29.0 Å². The molecule has 1 aliphatic heterocycles. The molecular formula is C16H22N4O6. The quantitative estimate of drug-likeness (QED) is 0.365. The molecule has 1 fully saturated rings. The summed E-state index contributed by atoms with van der Waals surface area (Å²) in [7, 11) is 0. The summed E-state index contributed by atoms with van der Waals surface area (Å²) >= 11 is 0. The highest BCUT2D eigenvalue weighted by molar-refractivity contribution is 6.16. The monoisotopic (exact) mass is 366 g/mol. The maximum Gasteiger partial charge on any atom is 0.346 e. The zero-order chi connectivity index (χ0) is 19.8. The van der Waals surface area contributed by atoms with Crippen LogP contribution in [0.1, 0.15) is 43.4 Å². The van der Waals surface area contributed by atoms with Crippen molar-refractivity contribution in [3.63, 3.8) is 0 Å². The number of carboxylic acids is 1. The second-order valence-corrected chi connectivity index (χ2v) is 6.82. The number of aliphatic carboxylic acids is 1. The molecule has 10 heteroatoms. The Balaban J connectivity index is 2.63. The fourth-order valence-corrected chi connectivity index (χ4v) is 3.27. The molecule has 0 bridgehead atoms. The number of hydrogen-bond acceptors (Lipinski definition) is 5. The highest BCUT2D eigenvalue weighted by atomic mass is 16.5. The van der Waals surface area contributed by atoms with E-state index in [1.807, 2.05) is 24.5 Å². The van der Waals surface area contributed by atoms with E-state index in [9.17, 15) is 29.5 Å². The fourth-order valence-electron chi connectivity index (χ4n) is 3.27. The molecule has 0 saturated carbocycles. The molecule has 0 aliphatic carbocycles. The van der Waals surface area contributed by atoms with Gasteiger partial charge in [-0.25, -0.2) is 18.9 Å². The van der Waals surface area contributed by atoms with Crippen molar-refractivity contribution in [1.29, 1.82) is 0 Å². The standard InChI is InChI=1S/C16H22N4O6/c1-7(2)5-10(12-13(23)17-16(25)18-14(12)24)15-19(6-11(21)22)8(3)9(4)20(15)26/h7,10,12H,5-6H2,1-4H3,(H,21,22)(H2,17,18,23,24,25)/t10-/m0/s1. The first-order valence-corrected chi connectivity index (χ1v) is 8.21. The molecule has 0 unspecified atom stereocenters. The summed E-state index contributed by atoms with van der Waals surface area (Å²) in [4.78, 5) is 47.2. The Morgan fingerprint density at radius 2 is 1.77 bits per heavy atom. The van der Waals surface area contributed by atoms with Crippen molar-refractivity contribution in [3.05, 3.63) is 22.4 Å². The zero-order valence-corrected chi connectivity index (χ0v) is 15.0. The predicted octanol–water partition coefficient (Wildman–Crippen LogP) is -0.0652. The van der Waals surface area contributed by atoms with Crippen LogP contribution < -0.4 is 15.4 Å². The van der Waals surface area contributed by atoms with Crippen molar-refractivity contribution in [3.8, 4) is 0 Å². The number of imide groups is 2. The summed E-state index contributed by atoms with van der Waals surface area (Å²) in [5.74, 6) is -4.91. The first-order valence-electron chi connectivity index (χ1n) is 8.21. The van der Waals surface area contributed by atoms with E-state index in [2.05, 4.69) is 0 Å². The molecule has 3 N–H and O–H groups in total. The third-order valence-corrected chi connectivity index (χ3v) is 4.51. The van der Waals surface area contributed by atoms with Gasteiger partial charge in [-0.2, -0.15) is 0 Å². The van der Waals surface area contributed by atoms with Crippen molar-refractivity contribution in [2.75, 3.05) is 0 Å². The van der Waals surface area contributed by atoms with Crippen molar-refractivity contribution in [2.45, 2.75) is 46.6 Å². The number of urea groups is 1. The van der Waals surface area contributed by atoms with Crippen molar-refractivity contribution in [1.82, 2.24) is 15.2 Å². The van der Waals surface area contributed by atoms with Gasteiger partial charge in [-0.1, -0.05) is 13.8 Å². The van der Waals surface area contributed by atoms with Gasteiger partial charge in [0.2, 0.25) is 11.8 Å². The number of hydrogen-bond donors (Lipinski definition) is 3. The molecule has 26 heavy (non-hydrogen) atoms. The van der Waals surface area contributed by atoms with E-state index >= 15 is 0 Å². The Hall–Kier alpha value is -2.91. The molecule has 0 spiro atoms. The van der Waals surface area contributed by atoms with E-state index in [1.54, 1.807) is 13.8 Å². The average molecular weight is 366 g/mol. The average Bonchev–Trinajstić information content (AvgIpc) is 2.69. The molecule has 10 nitrogen and oxygen atoms in total. The van der Waals surface area contributed by atoms with Gasteiger partial charge in [0, 0.05) is 13.8 Å². The summed E-state index contributed by atoms with van der Waals surface area (Å²) < 4.78 is 1.89. The van der Waals surface area contributed by atoms with Gasteiger partial charge in [0.15, 0.2) is 6.54 Å². The van der Waals surface area contributed by atoms with Gasteiger partial charge in [0.25, 0.3) is 5.82 Å². The van der Waals surface area contributed by atoms with Gasteiger partial charge in [0.1, 0.15) is 17.3 Å². The Morgan fingerprint density at radius 1 is 1.23 bits per heavy atom. The van der Waals surface area contributed by atoms with E-state index in [0.29, 0.717) is 16.1 Å². The number of carboxylic acid groups (broad SMARTS) is 1. The Labute approximate surface area is 149 Å². The van der Waals surface area contributed by atoms with E-state index < -0.39 is 42.2 Å². The minimum atomic E-state index is -1.31. The first-order chi connectivity index (χ1) is 12.0. The maximum atomic E-state index is 12.7. The molecule has 2 heterocycles. The molecule has 0 radical (unpaired) electrons. The van der Waals surface area contributed by atoms with Gasteiger partial charge < -0.3 is 10.3 Å². The van der Waals surface area contributed by atoms with Gasteiger partial charge in [-0.3, -0.25) is 20.2 Å². The summed E-state index contributed by atoms with van der Waals surface area (Å²) in [6.07, 6.45) is 0.282. The third-order valence-electron chi connectivity index (χ3n) is 4.51. The molecule has 0 aromatic carbocycles. The molecular weight excluding hydrogens is 344 g/mol. The molecule has 1 aliphatic rings. The van der Waals surface area contributed by atoms with Crippen LogP contribution >= 0.6 is 0 Å². The minimum Gasteiger partial charge on any atom is -0.711 e. The van der Waals surface area contributed by atoms with Crippen LogP contribution in [0.25, 0.3) is 0 Å². The van der Waals surface area contributed by atoms with Crippen LogP contribution in [0.4, 0.5) is 4.79 Å². The lowest BCUT2D eigenvalue weighted by Crippen LogP contribution is -2.58. The highest BCUT2D eigenvalue weighted by Crippen LogP contribution is 2.32. The summed E-state index contributed by atoms with van der Waals surface area (Å²) in [6, 6.07) is -0.914. The van der Waals surface area contributed by atoms with E-state index in [0.717, 1.165) is 0 Å². The van der Waals surface area contributed by atoms with Gasteiger partial charge in [0.05, 0.1) is 5.92 Å². The normalized spacial score (nSPS) is 16.6. The largest absolute Gasteiger partial charge is 0.711 e. The van der Waals surface area contributed by atoms with Crippen LogP contribution in [0.2, 0.25) is 0 Å². The van der Waals surface area contributed by atoms with E-state index in [-0.39, 0.29) is 18.2 Å². The SMILES string of the molecule is Cc1c(C)[n+]([O-])c([C@@H](CC(C)C)C2C(=O)NC(=O)NC2=O)n1CC(=O)O. The summed E-state index contributed by atoms with van der Waals surface area (Å²) in [6.45, 7) is 6.39. The lowest BCUT2D eigenvalue weighted by molar-refractivity contribution is -0.622. The van der Waals surface area contributed by atoms with Crippen LogP contribution in [0, 0.1) is 30.9 Å². The highest BCUT2D eigenvalue weighted by Gasteiger charge is 2.46. The zero-order valence-electron chi connectivity index (χ0n) is 15.0. The Kier molecular flexibility index (Phi) is 5.33. The fraction of sp³-hybridized carbons (Fsp3) is 0.562. The summed E-state index contributed by atoms with van der Waals surface area (Å²) in [5.41, 5.74) is 0.738. The molecule has 1 atom stereocenters.